The van der Waals surface area contributed by atoms with Crippen molar-refractivity contribution in [1.29, 1.82) is 0 Å². The van der Waals surface area contributed by atoms with Gasteiger partial charge in [-0.05, 0) is 19.8 Å². The van der Waals surface area contributed by atoms with Crippen LogP contribution in [0.3, 0.4) is 0 Å². The van der Waals surface area contributed by atoms with E-state index in [-0.39, 0.29) is 5.37 Å². The Morgan fingerprint density at radius 2 is 2.45 bits per heavy atom. The second-order valence-corrected chi connectivity index (χ2v) is 3.90. The lowest BCUT2D eigenvalue weighted by atomic mass is 10.3. The van der Waals surface area contributed by atoms with Crippen molar-refractivity contribution in [3.05, 3.63) is 18.2 Å². The Bertz CT molecular complexity index is 234. The van der Waals surface area contributed by atoms with Gasteiger partial charge in [-0.15, -0.1) is 0 Å². The van der Waals surface area contributed by atoms with Crippen molar-refractivity contribution >= 4 is 12.6 Å². The summed E-state index contributed by atoms with van der Waals surface area (Å²) in [5, 5.41) is 0.245. The lowest BCUT2D eigenvalue weighted by molar-refractivity contribution is 0.743. The van der Waals surface area contributed by atoms with E-state index >= 15 is 0 Å². The predicted molar refractivity (Wildman–Crippen MR) is 47.9 cm³/mol. The summed E-state index contributed by atoms with van der Waals surface area (Å²) in [4.78, 5) is 4.31. The number of nitrogens with zero attached hydrogens (tertiary/aromatic N) is 2. The van der Waals surface area contributed by atoms with Crippen LogP contribution in [0.5, 0.6) is 0 Å². The van der Waals surface area contributed by atoms with Crippen LogP contribution in [0.15, 0.2) is 12.5 Å². The monoisotopic (exact) mass is 168 g/mol. The van der Waals surface area contributed by atoms with Crippen molar-refractivity contribution in [2.45, 2.75) is 31.1 Å². The third-order valence-corrected chi connectivity index (χ3v) is 2.32. The Labute approximate surface area is 72.0 Å². The van der Waals surface area contributed by atoms with Crippen molar-refractivity contribution in [2.75, 3.05) is 0 Å². The Kier molecular flexibility index (Phi) is 1.68. The summed E-state index contributed by atoms with van der Waals surface area (Å²) >= 11 is 4.31. The SMILES string of the molecule is CC(S)n1cnc(C2CC2)c1. The van der Waals surface area contributed by atoms with Gasteiger partial charge in [0.2, 0.25) is 0 Å². The van der Waals surface area contributed by atoms with Crippen LogP contribution in [-0.4, -0.2) is 9.55 Å². The quantitative estimate of drug-likeness (QED) is 0.670. The molecular weight excluding hydrogens is 156 g/mol. The Morgan fingerprint density at radius 3 is 2.91 bits per heavy atom. The molecule has 1 aromatic heterocycles. The molecule has 2 nitrogen and oxygen atoms in total. The van der Waals surface area contributed by atoms with E-state index in [0.717, 1.165) is 5.92 Å². The van der Waals surface area contributed by atoms with E-state index in [0.29, 0.717) is 0 Å². The summed E-state index contributed by atoms with van der Waals surface area (Å²) in [6.07, 6.45) is 6.61. The molecule has 0 radical (unpaired) electrons. The van der Waals surface area contributed by atoms with Gasteiger partial charge in [0, 0.05) is 12.1 Å². The predicted octanol–water partition coefficient (Wildman–Crippen LogP) is 2.21. The molecule has 1 atom stereocenters. The zero-order chi connectivity index (χ0) is 7.84. The minimum atomic E-state index is 0.245. The van der Waals surface area contributed by atoms with Gasteiger partial charge in [0.25, 0.3) is 0 Å². The summed E-state index contributed by atoms with van der Waals surface area (Å²) in [6, 6.07) is 0. The van der Waals surface area contributed by atoms with Gasteiger partial charge in [0.05, 0.1) is 17.4 Å². The van der Waals surface area contributed by atoms with E-state index in [9.17, 15) is 0 Å². The van der Waals surface area contributed by atoms with Crippen molar-refractivity contribution in [3.8, 4) is 0 Å². The Balaban J connectivity index is 2.18. The van der Waals surface area contributed by atoms with Crippen LogP contribution in [0.1, 0.15) is 36.8 Å². The van der Waals surface area contributed by atoms with Gasteiger partial charge in [-0.1, -0.05) is 0 Å². The largest absolute Gasteiger partial charge is 0.325 e. The van der Waals surface area contributed by atoms with Gasteiger partial charge < -0.3 is 4.57 Å². The first-order valence-corrected chi connectivity index (χ1v) is 4.50. The molecule has 0 saturated heterocycles. The van der Waals surface area contributed by atoms with E-state index in [4.69, 9.17) is 0 Å². The molecule has 0 aromatic carbocycles. The Morgan fingerprint density at radius 1 is 1.73 bits per heavy atom. The summed E-state index contributed by atoms with van der Waals surface area (Å²) < 4.78 is 2.04. The molecule has 1 aromatic rings. The highest BCUT2D eigenvalue weighted by Crippen LogP contribution is 2.39. The highest BCUT2D eigenvalue weighted by molar-refractivity contribution is 7.80. The molecule has 3 heteroatoms. The van der Waals surface area contributed by atoms with Gasteiger partial charge in [0.15, 0.2) is 0 Å². The lowest BCUT2D eigenvalue weighted by Gasteiger charge is -2.02. The number of hydrogen-bond acceptors (Lipinski definition) is 2. The van der Waals surface area contributed by atoms with Crippen molar-refractivity contribution in [2.24, 2.45) is 0 Å². The molecule has 1 saturated carbocycles. The average Bonchev–Trinajstić information content (AvgIpc) is 2.68. The third kappa shape index (κ3) is 1.43. The van der Waals surface area contributed by atoms with Gasteiger partial charge >= 0.3 is 0 Å². The summed E-state index contributed by atoms with van der Waals surface area (Å²) in [5.74, 6) is 0.753. The highest BCUT2D eigenvalue weighted by Gasteiger charge is 2.25. The van der Waals surface area contributed by atoms with E-state index in [1.54, 1.807) is 0 Å². The number of thiol groups is 1. The zero-order valence-corrected chi connectivity index (χ0v) is 7.46. The van der Waals surface area contributed by atoms with Crippen molar-refractivity contribution in [3.63, 3.8) is 0 Å². The summed E-state index contributed by atoms with van der Waals surface area (Å²) in [6.45, 7) is 2.04. The molecule has 1 heterocycles. The van der Waals surface area contributed by atoms with Crippen molar-refractivity contribution in [1.82, 2.24) is 9.55 Å². The smallest absolute Gasteiger partial charge is 0.0959 e. The van der Waals surface area contributed by atoms with E-state index in [1.807, 2.05) is 17.8 Å². The van der Waals surface area contributed by atoms with E-state index in [2.05, 4.69) is 23.8 Å². The van der Waals surface area contributed by atoms with Gasteiger partial charge in [0.1, 0.15) is 0 Å². The minimum absolute atomic E-state index is 0.245. The number of aromatic nitrogens is 2. The standard InChI is InChI=1S/C8H12N2S/c1-6(11)10-4-8(9-5-10)7-2-3-7/h4-7,11H,2-3H2,1H3. The lowest BCUT2D eigenvalue weighted by Crippen LogP contribution is -1.92. The minimum Gasteiger partial charge on any atom is -0.325 e. The van der Waals surface area contributed by atoms with Crippen molar-refractivity contribution < 1.29 is 0 Å². The maximum absolute atomic E-state index is 4.31. The van der Waals surface area contributed by atoms with E-state index < -0.39 is 0 Å². The first kappa shape index (κ1) is 7.22. The van der Waals surface area contributed by atoms with Crippen LogP contribution in [0.4, 0.5) is 0 Å². The molecule has 0 amide bonds. The van der Waals surface area contributed by atoms with Gasteiger partial charge in [-0.25, -0.2) is 4.98 Å². The normalized spacial score (nSPS) is 20.2. The zero-order valence-electron chi connectivity index (χ0n) is 6.57. The third-order valence-electron chi connectivity index (χ3n) is 2.05. The fourth-order valence-corrected chi connectivity index (χ4v) is 1.27. The fourth-order valence-electron chi connectivity index (χ4n) is 1.15. The maximum Gasteiger partial charge on any atom is 0.0959 e. The Hall–Kier alpha value is -0.440. The second-order valence-electron chi connectivity index (χ2n) is 3.15. The molecule has 1 aliphatic rings. The second kappa shape index (κ2) is 2.55. The topological polar surface area (TPSA) is 17.8 Å². The number of rotatable bonds is 2. The molecular formula is C8H12N2S. The van der Waals surface area contributed by atoms with Crippen LogP contribution in [0.25, 0.3) is 0 Å². The number of hydrogen-bond donors (Lipinski definition) is 1. The maximum atomic E-state index is 4.31. The molecule has 11 heavy (non-hydrogen) atoms. The molecule has 0 aliphatic heterocycles. The van der Waals surface area contributed by atoms with Gasteiger partial charge in [-0.3, -0.25) is 0 Å². The molecule has 0 N–H and O–H groups in total. The van der Waals surface area contributed by atoms with Gasteiger partial charge in [-0.2, -0.15) is 12.6 Å². The number of imidazole rings is 1. The highest BCUT2D eigenvalue weighted by atomic mass is 32.1. The molecule has 60 valence electrons. The summed E-state index contributed by atoms with van der Waals surface area (Å²) in [5.41, 5.74) is 1.24. The van der Waals surface area contributed by atoms with Crippen LogP contribution >= 0.6 is 12.6 Å². The van der Waals surface area contributed by atoms with Crippen LogP contribution in [-0.2, 0) is 0 Å². The van der Waals surface area contributed by atoms with Crippen LogP contribution < -0.4 is 0 Å². The van der Waals surface area contributed by atoms with Crippen LogP contribution in [0.2, 0.25) is 0 Å². The first-order chi connectivity index (χ1) is 5.27. The molecule has 1 unspecified atom stereocenters. The fraction of sp³-hybridized carbons (Fsp3) is 0.625. The molecule has 0 bridgehead atoms. The first-order valence-electron chi connectivity index (χ1n) is 3.99. The molecule has 2 rings (SSSR count). The average molecular weight is 168 g/mol. The molecule has 1 aliphatic carbocycles. The molecule has 0 spiro atoms. The molecule has 1 fully saturated rings. The van der Waals surface area contributed by atoms with E-state index in [1.165, 1.54) is 18.5 Å². The van der Waals surface area contributed by atoms with Crippen LogP contribution in [0, 0.1) is 0 Å². The summed E-state index contributed by atoms with van der Waals surface area (Å²) in [7, 11) is 0.